The standard InChI is InChI=1S/C11H18FNO4/c1-10(2,3)17-9(16)13-6-11(4,12)5-7(13)8(14)15/h7H,5-6H2,1-4H3,(H,14,15)/t7-,11?/m0/s1. The summed E-state index contributed by atoms with van der Waals surface area (Å²) in [5, 5.41) is 8.95. The van der Waals surface area contributed by atoms with E-state index in [2.05, 4.69) is 0 Å². The van der Waals surface area contributed by atoms with Crippen LogP contribution in [0, 0.1) is 0 Å². The van der Waals surface area contributed by atoms with Crippen molar-refractivity contribution in [2.24, 2.45) is 0 Å². The van der Waals surface area contributed by atoms with Crippen LogP contribution in [0.25, 0.3) is 0 Å². The smallest absolute Gasteiger partial charge is 0.411 e. The average molecular weight is 247 g/mol. The number of rotatable bonds is 1. The quantitative estimate of drug-likeness (QED) is 0.767. The number of halogens is 1. The zero-order valence-electron chi connectivity index (χ0n) is 10.5. The van der Waals surface area contributed by atoms with Crippen molar-refractivity contribution in [3.63, 3.8) is 0 Å². The zero-order valence-corrected chi connectivity index (χ0v) is 10.5. The maximum atomic E-state index is 13.8. The fourth-order valence-electron chi connectivity index (χ4n) is 1.78. The Morgan fingerprint density at radius 2 is 2.00 bits per heavy atom. The molecule has 1 rings (SSSR count). The van der Waals surface area contributed by atoms with Crippen LogP contribution in [-0.2, 0) is 9.53 Å². The molecule has 6 heteroatoms. The number of alkyl halides is 1. The maximum Gasteiger partial charge on any atom is 0.411 e. The largest absolute Gasteiger partial charge is 0.480 e. The number of hydrogen-bond acceptors (Lipinski definition) is 3. The molecule has 2 atom stereocenters. The third-order valence-corrected chi connectivity index (χ3v) is 2.41. The molecule has 1 saturated heterocycles. The Bertz CT molecular complexity index is 335. The van der Waals surface area contributed by atoms with E-state index in [0.717, 1.165) is 4.90 Å². The van der Waals surface area contributed by atoms with E-state index >= 15 is 0 Å². The van der Waals surface area contributed by atoms with Crippen molar-refractivity contribution >= 4 is 12.1 Å². The molecule has 5 nitrogen and oxygen atoms in total. The second kappa shape index (κ2) is 4.16. The SMILES string of the molecule is CC1(F)C[C@@H](C(=O)O)N(C(=O)OC(C)(C)C)C1. The molecule has 0 radical (unpaired) electrons. The van der Waals surface area contributed by atoms with E-state index in [9.17, 15) is 14.0 Å². The van der Waals surface area contributed by atoms with Gasteiger partial charge in [0.05, 0.1) is 6.54 Å². The highest BCUT2D eigenvalue weighted by Crippen LogP contribution is 2.31. The van der Waals surface area contributed by atoms with Gasteiger partial charge < -0.3 is 9.84 Å². The first-order valence-electron chi connectivity index (χ1n) is 5.43. The number of carbonyl (C=O) groups is 2. The summed E-state index contributed by atoms with van der Waals surface area (Å²) >= 11 is 0. The molecule has 0 aromatic rings. The molecule has 0 saturated carbocycles. The van der Waals surface area contributed by atoms with Gasteiger partial charge >= 0.3 is 12.1 Å². The zero-order chi connectivity index (χ0) is 13.4. The van der Waals surface area contributed by atoms with E-state index in [1.54, 1.807) is 20.8 Å². The lowest BCUT2D eigenvalue weighted by Crippen LogP contribution is -2.43. The number of amides is 1. The Morgan fingerprint density at radius 3 is 2.41 bits per heavy atom. The van der Waals surface area contributed by atoms with Gasteiger partial charge in [0.25, 0.3) is 0 Å². The molecule has 0 aromatic heterocycles. The van der Waals surface area contributed by atoms with Crippen LogP contribution in [0.15, 0.2) is 0 Å². The molecule has 1 unspecified atom stereocenters. The van der Waals surface area contributed by atoms with Crippen molar-refractivity contribution < 1.29 is 23.8 Å². The summed E-state index contributed by atoms with van der Waals surface area (Å²) in [5.41, 5.74) is -2.41. The Hall–Kier alpha value is -1.33. The second-order valence-corrected chi connectivity index (χ2v) is 5.58. The van der Waals surface area contributed by atoms with Gasteiger partial charge in [0.1, 0.15) is 17.3 Å². The third kappa shape index (κ3) is 3.57. The molecule has 0 aromatic carbocycles. The van der Waals surface area contributed by atoms with E-state index in [1.807, 2.05) is 0 Å². The first kappa shape index (κ1) is 13.7. The van der Waals surface area contributed by atoms with Crippen molar-refractivity contribution in [2.45, 2.75) is 51.4 Å². The summed E-state index contributed by atoms with van der Waals surface area (Å²) in [6, 6.07) is -1.15. The van der Waals surface area contributed by atoms with Crippen LogP contribution in [0.4, 0.5) is 9.18 Å². The molecular weight excluding hydrogens is 229 g/mol. The Morgan fingerprint density at radius 1 is 1.47 bits per heavy atom. The van der Waals surface area contributed by atoms with Crippen LogP contribution in [0.1, 0.15) is 34.1 Å². The van der Waals surface area contributed by atoms with E-state index in [1.165, 1.54) is 6.92 Å². The topological polar surface area (TPSA) is 66.8 Å². The highest BCUT2D eigenvalue weighted by atomic mass is 19.1. The minimum absolute atomic E-state index is 0.207. The van der Waals surface area contributed by atoms with E-state index in [-0.39, 0.29) is 13.0 Å². The summed E-state index contributed by atoms with van der Waals surface area (Å²) in [6.45, 7) is 6.05. The number of likely N-dealkylation sites (tertiary alicyclic amines) is 1. The number of ether oxygens (including phenoxy) is 1. The summed E-state index contributed by atoms with van der Waals surface area (Å²) in [6.07, 6.45) is -0.993. The monoisotopic (exact) mass is 247 g/mol. The van der Waals surface area contributed by atoms with Crippen molar-refractivity contribution in [1.82, 2.24) is 4.90 Å². The first-order chi connectivity index (χ1) is 7.52. The van der Waals surface area contributed by atoms with Crippen molar-refractivity contribution in [3.8, 4) is 0 Å². The fourth-order valence-corrected chi connectivity index (χ4v) is 1.78. The Balaban J connectivity index is 2.81. The minimum Gasteiger partial charge on any atom is -0.480 e. The molecule has 0 bridgehead atoms. The lowest BCUT2D eigenvalue weighted by Gasteiger charge is -2.26. The van der Waals surface area contributed by atoms with Gasteiger partial charge in [-0.1, -0.05) is 0 Å². The number of nitrogens with zero attached hydrogens (tertiary/aromatic N) is 1. The summed E-state index contributed by atoms with van der Waals surface area (Å²) in [7, 11) is 0. The molecule has 1 heterocycles. The lowest BCUT2D eigenvalue weighted by molar-refractivity contribution is -0.142. The number of hydrogen-bond donors (Lipinski definition) is 1. The van der Waals surface area contributed by atoms with Gasteiger partial charge in [-0.3, -0.25) is 4.90 Å². The van der Waals surface area contributed by atoms with Crippen molar-refractivity contribution in [1.29, 1.82) is 0 Å². The average Bonchev–Trinajstić information content (AvgIpc) is 2.38. The summed E-state index contributed by atoms with van der Waals surface area (Å²) < 4.78 is 18.8. The van der Waals surface area contributed by atoms with Gasteiger partial charge in [-0.25, -0.2) is 14.0 Å². The number of aliphatic carboxylic acids is 1. The van der Waals surface area contributed by atoms with Crippen LogP contribution < -0.4 is 0 Å². The van der Waals surface area contributed by atoms with Crippen LogP contribution in [0.3, 0.4) is 0 Å². The van der Waals surface area contributed by atoms with Crippen molar-refractivity contribution in [2.75, 3.05) is 6.54 Å². The molecule has 1 fully saturated rings. The van der Waals surface area contributed by atoms with Crippen LogP contribution in [-0.4, -0.2) is 45.9 Å². The Kier molecular flexibility index (Phi) is 3.36. The predicted octanol–water partition coefficient (Wildman–Crippen LogP) is 1.81. The van der Waals surface area contributed by atoms with Gasteiger partial charge in [-0.05, 0) is 27.7 Å². The third-order valence-electron chi connectivity index (χ3n) is 2.41. The minimum atomic E-state index is -1.68. The van der Waals surface area contributed by atoms with Gasteiger partial charge in [0.15, 0.2) is 0 Å². The van der Waals surface area contributed by atoms with E-state index < -0.39 is 29.4 Å². The molecule has 17 heavy (non-hydrogen) atoms. The number of carboxylic acid groups (broad SMARTS) is 1. The summed E-state index contributed by atoms with van der Waals surface area (Å²) in [4.78, 5) is 23.6. The van der Waals surface area contributed by atoms with E-state index in [4.69, 9.17) is 9.84 Å². The van der Waals surface area contributed by atoms with Crippen LogP contribution >= 0.6 is 0 Å². The number of carbonyl (C=O) groups excluding carboxylic acids is 1. The van der Waals surface area contributed by atoms with Crippen LogP contribution in [0.2, 0.25) is 0 Å². The molecule has 1 aliphatic heterocycles. The molecule has 0 aliphatic carbocycles. The van der Waals surface area contributed by atoms with Gasteiger partial charge in [0.2, 0.25) is 0 Å². The van der Waals surface area contributed by atoms with Crippen molar-refractivity contribution in [3.05, 3.63) is 0 Å². The van der Waals surface area contributed by atoms with Gasteiger partial charge in [-0.15, -0.1) is 0 Å². The predicted molar refractivity (Wildman–Crippen MR) is 58.5 cm³/mol. The number of carboxylic acids is 1. The maximum absolute atomic E-state index is 13.8. The van der Waals surface area contributed by atoms with Gasteiger partial charge in [-0.2, -0.15) is 0 Å². The second-order valence-electron chi connectivity index (χ2n) is 5.58. The van der Waals surface area contributed by atoms with Crippen LogP contribution in [0.5, 0.6) is 0 Å². The highest BCUT2D eigenvalue weighted by Gasteiger charge is 2.48. The molecular formula is C11H18FNO4. The first-order valence-corrected chi connectivity index (χ1v) is 5.43. The molecule has 1 aliphatic rings. The molecule has 1 N–H and O–H groups in total. The Labute approximate surface area is 99.5 Å². The normalized spacial score (nSPS) is 29.2. The molecule has 98 valence electrons. The summed E-state index contributed by atoms with van der Waals surface area (Å²) in [5.74, 6) is -1.21. The fraction of sp³-hybridized carbons (Fsp3) is 0.818. The molecule has 0 spiro atoms. The van der Waals surface area contributed by atoms with E-state index in [0.29, 0.717) is 0 Å². The lowest BCUT2D eigenvalue weighted by atomic mass is 10.1. The molecule has 1 amide bonds. The highest BCUT2D eigenvalue weighted by molar-refractivity contribution is 5.81. The van der Waals surface area contributed by atoms with Gasteiger partial charge in [0, 0.05) is 6.42 Å².